The van der Waals surface area contributed by atoms with Crippen molar-refractivity contribution in [2.75, 3.05) is 26.2 Å². The van der Waals surface area contributed by atoms with Gasteiger partial charge in [-0.15, -0.1) is 0 Å². The summed E-state index contributed by atoms with van der Waals surface area (Å²) in [6, 6.07) is 0. The van der Waals surface area contributed by atoms with Crippen LogP contribution in [0.4, 0.5) is 0 Å². The number of nitrogens with zero attached hydrogens (tertiary/aromatic N) is 1. The average molecular weight is 186 g/mol. The lowest BCUT2D eigenvalue weighted by Gasteiger charge is -2.15. The Morgan fingerprint density at radius 1 is 1.54 bits per heavy atom. The zero-order chi connectivity index (χ0) is 9.68. The molecule has 1 rings (SSSR count). The quantitative estimate of drug-likeness (QED) is 0.627. The van der Waals surface area contributed by atoms with Crippen molar-refractivity contribution in [1.29, 1.82) is 0 Å². The Kier molecular flexibility index (Phi) is 4.18. The predicted molar refractivity (Wildman–Crippen MR) is 50.4 cm³/mol. The predicted octanol–water partition coefficient (Wildman–Crippen LogP) is -0.421. The molecule has 1 aliphatic rings. The third-order valence-electron chi connectivity index (χ3n) is 2.17. The third kappa shape index (κ3) is 3.74. The summed E-state index contributed by atoms with van der Waals surface area (Å²) < 4.78 is 0. The summed E-state index contributed by atoms with van der Waals surface area (Å²) in [5.41, 5.74) is 0. The van der Waals surface area contributed by atoms with Gasteiger partial charge in [0.15, 0.2) is 0 Å². The Hall–Kier alpha value is -0.610. The minimum atomic E-state index is -0.383. The van der Waals surface area contributed by atoms with Crippen LogP contribution in [0.1, 0.15) is 19.8 Å². The first-order chi connectivity index (χ1) is 6.20. The SMILES string of the molecule is CC(O)CNCC(=O)N1CCCC1. The van der Waals surface area contributed by atoms with Crippen molar-refractivity contribution >= 4 is 5.91 Å². The molecule has 13 heavy (non-hydrogen) atoms. The number of carbonyl (C=O) groups is 1. The molecule has 1 unspecified atom stereocenters. The topological polar surface area (TPSA) is 52.6 Å². The molecule has 0 aliphatic carbocycles. The molecule has 4 heteroatoms. The largest absolute Gasteiger partial charge is 0.392 e. The zero-order valence-electron chi connectivity index (χ0n) is 8.12. The molecule has 76 valence electrons. The highest BCUT2D eigenvalue weighted by atomic mass is 16.3. The molecule has 1 amide bonds. The molecule has 0 bridgehead atoms. The third-order valence-corrected chi connectivity index (χ3v) is 2.17. The number of likely N-dealkylation sites (tertiary alicyclic amines) is 1. The molecule has 1 heterocycles. The van der Waals surface area contributed by atoms with E-state index in [1.807, 2.05) is 4.90 Å². The fourth-order valence-electron chi connectivity index (χ4n) is 1.47. The van der Waals surface area contributed by atoms with E-state index in [1.165, 1.54) is 0 Å². The minimum Gasteiger partial charge on any atom is -0.392 e. The van der Waals surface area contributed by atoms with Crippen molar-refractivity contribution in [1.82, 2.24) is 10.2 Å². The summed E-state index contributed by atoms with van der Waals surface area (Å²) in [6.07, 6.45) is 1.87. The summed E-state index contributed by atoms with van der Waals surface area (Å²) in [4.78, 5) is 13.3. The smallest absolute Gasteiger partial charge is 0.236 e. The molecule has 1 atom stereocenters. The van der Waals surface area contributed by atoms with Gasteiger partial charge >= 0.3 is 0 Å². The minimum absolute atomic E-state index is 0.151. The molecular weight excluding hydrogens is 168 g/mol. The molecule has 1 saturated heterocycles. The van der Waals surface area contributed by atoms with E-state index in [4.69, 9.17) is 5.11 Å². The second kappa shape index (κ2) is 5.19. The number of aliphatic hydroxyl groups is 1. The Morgan fingerprint density at radius 2 is 2.15 bits per heavy atom. The number of hydrogen-bond acceptors (Lipinski definition) is 3. The molecule has 0 aromatic carbocycles. The number of nitrogens with one attached hydrogen (secondary N) is 1. The average Bonchev–Trinajstić information content (AvgIpc) is 2.55. The van der Waals surface area contributed by atoms with Gasteiger partial charge in [0, 0.05) is 19.6 Å². The molecule has 0 aromatic heterocycles. The lowest BCUT2D eigenvalue weighted by molar-refractivity contribution is -0.129. The fourth-order valence-corrected chi connectivity index (χ4v) is 1.47. The van der Waals surface area contributed by atoms with Gasteiger partial charge < -0.3 is 15.3 Å². The zero-order valence-corrected chi connectivity index (χ0v) is 8.12. The van der Waals surface area contributed by atoms with Crippen molar-refractivity contribution in [3.05, 3.63) is 0 Å². The van der Waals surface area contributed by atoms with E-state index in [9.17, 15) is 4.79 Å². The van der Waals surface area contributed by atoms with Gasteiger partial charge in [-0.2, -0.15) is 0 Å². The highest BCUT2D eigenvalue weighted by Crippen LogP contribution is 2.06. The van der Waals surface area contributed by atoms with Gasteiger partial charge in [0.05, 0.1) is 12.6 Å². The van der Waals surface area contributed by atoms with Gasteiger partial charge in [-0.1, -0.05) is 0 Å². The van der Waals surface area contributed by atoms with E-state index in [-0.39, 0.29) is 12.0 Å². The van der Waals surface area contributed by atoms with Gasteiger partial charge in [-0.3, -0.25) is 4.79 Å². The summed E-state index contributed by atoms with van der Waals surface area (Å²) in [5.74, 6) is 0.151. The van der Waals surface area contributed by atoms with Crippen LogP contribution < -0.4 is 5.32 Å². The molecule has 0 aromatic rings. The van der Waals surface area contributed by atoms with Crippen LogP contribution in [0.25, 0.3) is 0 Å². The van der Waals surface area contributed by atoms with Crippen LogP contribution in [-0.4, -0.2) is 48.2 Å². The normalized spacial score (nSPS) is 19.1. The standard InChI is InChI=1S/C9H18N2O2/c1-8(12)6-10-7-9(13)11-4-2-3-5-11/h8,10,12H,2-7H2,1H3. The summed E-state index contributed by atoms with van der Waals surface area (Å²) >= 11 is 0. The van der Waals surface area contributed by atoms with E-state index in [0.29, 0.717) is 13.1 Å². The van der Waals surface area contributed by atoms with Gasteiger partial charge in [0.25, 0.3) is 0 Å². The number of aliphatic hydroxyl groups excluding tert-OH is 1. The van der Waals surface area contributed by atoms with Crippen LogP contribution in [0, 0.1) is 0 Å². The lowest BCUT2D eigenvalue weighted by Crippen LogP contribution is -2.38. The Morgan fingerprint density at radius 3 is 2.69 bits per heavy atom. The summed E-state index contributed by atoms with van der Waals surface area (Å²) in [6.45, 7) is 4.34. The number of amides is 1. The molecule has 4 nitrogen and oxygen atoms in total. The fraction of sp³-hybridized carbons (Fsp3) is 0.889. The van der Waals surface area contributed by atoms with Crippen LogP contribution in [0.15, 0.2) is 0 Å². The van der Waals surface area contributed by atoms with Crippen LogP contribution in [-0.2, 0) is 4.79 Å². The molecule has 0 saturated carbocycles. The van der Waals surface area contributed by atoms with E-state index >= 15 is 0 Å². The molecular formula is C9H18N2O2. The molecule has 1 aliphatic heterocycles. The van der Waals surface area contributed by atoms with Crippen molar-refractivity contribution < 1.29 is 9.90 Å². The van der Waals surface area contributed by atoms with Crippen molar-refractivity contribution in [3.8, 4) is 0 Å². The van der Waals surface area contributed by atoms with Crippen LogP contribution in [0.2, 0.25) is 0 Å². The van der Waals surface area contributed by atoms with Crippen LogP contribution >= 0.6 is 0 Å². The molecule has 2 N–H and O–H groups in total. The molecule has 0 radical (unpaired) electrons. The van der Waals surface area contributed by atoms with E-state index in [2.05, 4.69) is 5.32 Å². The Balaban J connectivity index is 2.10. The maximum Gasteiger partial charge on any atom is 0.236 e. The van der Waals surface area contributed by atoms with Crippen molar-refractivity contribution in [3.63, 3.8) is 0 Å². The first kappa shape index (κ1) is 10.5. The summed E-state index contributed by atoms with van der Waals surface area (Å²) in [7, 11) is 0. The van der Waals surface area contributed by atoms with E-state index in [0.717, 1.165) is 25.9 Å². The second-order valence-corrected chi connectivity index (χ2v) is 3.57. The monoisotopic (exact) mass is 186 g/mol. The number of hydrogen-bond donors (Lipinski definition) is 2. The maximum absolute atomic E-state index is 11.4. The van der Waals surface area contributed by atoms with Gasteiger partial charge in [0.2, 0.25) is 5.91 Å². The molecule has 0 spiro atoms. The van der Waals surface area contributed by atoms with E-state index < -0.39 is 0 Å². The van der Waals surface area contributed by atoms with Gasteiger partial charge in [-0.05, 0) is 19.8 Å². The first-order valence-electron chi connectivity index (χ1n) is 4.86. The maximum atomic E-state index is 11.4. The van der Waals surface area contributed by atoms with Crippen LogP contribution in [0.5, 0.6) is 0 Å². The highest BCUT2D eigenvalue weighted by molar-refractivity contribution is 5.78. The highest BCUT2D eigenvalue weighted by Gasteiger charge is 2.16. The van der Waals surface area contributed by atoms with Crippen LogP contribution in [0.3, 0.4) is 0 Å². The van der Waals surface area contributed by atoms with E-state index in [1.54, 1.807) is 6.92 Å². The van der Waals surface area contributed by atoms with Crippen molar-refractivity contribution in [2.24, 2.45) is 0 Å². The second-order valence-electron chi connectivity index (χ2n) is 3.57. The Labute approximate surface area is 78.9 Å². The van der Waals surface area contributed by atoms with Gasteiger partial charge in [-0.25, -0.2) is 0 Å². The summed E-state index contributed by atoms with van der Waals surface area (Å²) in [5, 5.41) is 11.9. The lowest BCUT2D eigenvalue weighted by atomic mass is 10.4. The van der Waals surface area contributed by atoms with Gasteiger partial charge in [0.1, 0.15) is 0 Å². The Bertz CT molecular complexity index is 165. The molecule has 1 fully saturated rings. The number of rotatable bonds is 4. The number of carbonyl (C=O) groups excluding carboxylic acids is 1. The first-order valence-corrected chi connectivity index (χ1v) is 4.86. The van der Waals surface area contributed by atoms with Crippen molar-refractivity contribution in [2.45, 2.75) is 25.9 Å².